The summed E-state index contributed by atoms with van der Waals surface area (Å²) in [7, 11) is 0. The molecule has 2 aromatic heterocycles. The number of aromatic nitrogens is 4. The Balaban J connectivity index is 1.37. The number of halogens is 4. The molecule has 0 aliphatic rings. The van der Waals surface area contributed by atoms with Crippen LogP contribution in [0.1, 0.15) is 16.1 Å². The third kappa shape index (κ3) is 5.48. The van der Waals surface area contributed by atoms with Crippen molar-refractivity contribution in [3.8, 4) is 5.75 Å². The van der Waals surface area contributed by atoms with E-state index in [4.69, 9.17) is 27.9 Å². The summed E-state index contributed by atoms with van der Waals surface area (Å²) in [5.41, 5.74) is 1.06. The van der Waals surface area contributed by atoms with Crippen LogP contribution in [0.3, 0.4) is 0 Å². The molecule has 1 N–H and O–H groups in total. The van der Waals surface area contributed by atoms with Crippen LogP contribution in [0.2, 0.25) is 10.0 Å². The molecule has 1 amide bonds. The van der Waals surface area contributed by atoms with Gasteiger partial charge >= 0.3 is 0 Å². The van der Waals surface area contributed by atoms with Gasteiger partial charge in [0.1, 0.15) is 11.6 Å². The Morgan fingerprint density at radius 1 is 1.09 bits per heavy atom. The van der Waals surface area contributed by atoms with Crippen molar-refractivity contribution >= 4 is 50.9 Å². The van der Waals surface area contributed by atoms with Crippen LogP contribution in [0.4, 0.5) is 10.2 Å². The van der Waals surface area contributed by atoms with Crippen molar-refractivity contribution in [2.75, 3.05) is 5.32 Å². The van der Waals surface area contributed by atoms with Gasteiger partial charge < -0.3 is 10.1 Å². The summed E-state index contributed by atoms with van der Waals surface area (Å²) in [6.45, 7) is 0.485. The average molecular weight is 539 g/mol. The van der Waals surface area contributed by atoms with E-state index in [-0.39, 0.29) is 18.2 Å². The number of nitrogens with one attached hydrogen (secondary N) is 1. The number of benzene rings is 2. The molecular weight excluding hydrogens is 524 g/mol. The zero-order chi connectivity index (χ0) is 22.7. The predicted octanol–water partition coefficient (Wildman–Crippen LogP) is 5.63. The van der Waals surface area contributed by atoms with Crippen molar-refractivity contribution in [3.63, 3.8) is 0 Å². The van der Waals surface area contributed by atoms with Crippen LogP contribution in [-0.4, -0.2) is 25.5 Å². The minimum absolute atomic E-state index is 0.0601. The Morgan fingerprint density at radius 2 is 1.88 bits per heavy atom. The maximum atomic E-state index is 13.1. The minimum Gasteiger partial charge on any atom is -0.470 e. The number of rotatable bonds is 7. The van der Waals surface area contributed by atoms with E-state index in [2.05, 4.69) is 31.4 Å². The molecular formula is C21H15BrCl2FN5O2. The molecule has 4 rings (SSSR count). The Labute approximate surface area is 200 Å². The maximum absolute atomic E-state index is 13.1. The summed E-state index contributed by atoms with van der Waals surface area (Å²) in [5.74, 6) is 0.0644. The van der Waals surface area contributed by atoms with Gasteiger partial charge in [-0.25, -0.2) is 9.07 Å². The summed E-state index contributed by atoms with van der Waals surface area (Å²) in [4.78, 5) is 12.6. The lowest BCUT2D eigenvalue weighted by atomic mass is 10.2. The van der Waals surface area contributed by atoms with Crippen molar-refractivity contribution in [3.05, 3.63) is 92.5 Å². The van der Waals surface area contributed by atoms with Gasteiger partial charge in [0.2, 0.25) is 0 Å². The molecule has 0 spiro atoms. The van der Waals surface area contributed by atoms with E-state index in [0.29, 0.717) is 32.6 Å². The third-order valence-electron chi connectivity index (χ3n) is 4.33. The van der Waals surface area contributed by atoms with Gasteiger partial charge in [-0.3, -0.25) is 9.48 Å². The SMILES string of the molecule is O=C(Nc1nn(Cc2ccc(F)cc2)cc1Br)c1ccn(COc2ccc(Cl)cc2Cl)n1. The average Bonchev–Trinajstić information content (AvgIpc) is 3.36. The molecule has 0 aliphatic heterocycles. The van der Waals surface area contributed by atoms with Crippen molar-refractivity contribution in [2.24, 2.45) is 0 Å². The molecule has 7 nitrogen and oxygen atoms in total. The standard InChI is InChI=1S/C21H15BrCl2FN5O2/c22-16-11-30(10-13-1-4-15(25)5-2-13)28-20(16)26-21(31)18-7-8-29(27-18)12-32-19-6-3-14(23)9-17(19)24/h1-9,11H,10,12H2,(H,26,28,31). The molecule has 4 aromatic rings. The van der Waals surface area contributed by atoms with Crippen LogP contribution in [-0.2, 0) is 13.3 Å². The first-order chi connectivity index (χ1) is 15.4. The Kier molecular flexibility index (Phi) is 6.78. The lowest BCUT2D eigenvalue weighted by Crippen LogP contribution is -2.15. The van der Waals surface area contributed by atoms with E-state index in [9.17, 15) is 9.18 Å². The highest BCUT2D eigenvalue weighted by atomic mass is 79.9. The first kappa shape index (κ1) is 22.3. The number of ether oxygens (including phenoxy) is 1. The van der Waals surface area contributed by atoms with Crippen LogP contribution < -0.4 is 10.1 Å². The molecule has 0 radical (unpaired) electrons. The zero-order valence-corrected chi connectivity index (χ0v) is 19.4. The summed E-state index contributed by atoms with van der Waals surface area (Å²) in [6.07, 6.45) is 3.34. The van der Waals surface area contributed by atoms with Gasteiger partial charge in [0, 0.05) is 17.4 Å². The van der Waals surface area contributed by atoms with Gasteiger partial charge in [0.15, 0.2) is 18.2 Å². The maximum Gasteiger partial charge on any atom is 0.277 e. The Hall–Kier alpha value is -2.88. The second kappa shape index (κ2) is 9.72. The highest BCUT2D eigenvalue weighted by molar-refractivity contribution is 9.10. The van der Waals surface area contributed by atoms with E-state index >= 15 is 0 Å². The molecule has 0 aliphatic carbocycles. The van der Waals surface area contributed by atoms with Gasteiger partial charge in [-0.2, -0.15) is 10.2 Å². The Bertz CT molecular complexity index is 1260. The molecule has 2 aromatic carbocycles. The van der Waals surface area contributed by atoms with Crippen LogP contribution in [0.15, 0.2) is 65.4 Å². The van der Waals surface area contributed by atoms with E-state index in [1.54, 1.807) is 53.5 Å². The topological polar surface area (TPSA) is 74.0 Å². The fourth-order valence-corrected chi connectivity index (χ4v) is 3.67. The summed E-state index contributed by atoms with van der Waals surface area (Å²) >= 11 is 15.3. The smallest absolute Gasteiger partial charge is 0.277 e. The molecule has 164 valence electrons. The van der Waals surface area contributed by atoms with Crippen LogP contribution in [0, 0.1) is 5.82 Å². The molecule has 11 heteroatoms. The highest BCUT2D eigenvalue weighted by Gasteiger charge is 2.15. The first-order valence-electron chi connectivity index (χ1n) is 9.27. The second-order valence-corrected chi connectivity index (χ2v) is 8.39. The monoisotopic (exact) mass is 537 g/mol. The molecule has 0 fully saturated rings. The largest absolute Gasteiger partial charge is 0.470 e. The summed E-state index contributed by atoms with van der Waals surface area (Å²) < 4.78 is 22.4. The summed E-state index contributed by atoms with van der Waals surface area (Å²) in [6, 6.07) is 12.6. The van der Waals surface area contributed by atoms with Gasteiger partial charge in [0.05, 0.1) is 16.0 Å². The van der Waals surface area contributed by atoms with Gasteiger partial charge in [-0.15, -0.1) is 0 Å². The van der Waals surface area contributed by atoms with E-state index in [1.807, 2.05) is 0 Å². The summed E-state index contributed by atoms with van der Waals surface area (Å²) in [5, 5.41) is 12.2. The van der Waals surface area contributed by atoms with Gasteiger partial charge in [-0.05, 0) is 57.9 Å². The molecule has 0 saturated heterocycles. The quantitative estimate of drug-likeness (QED) is 0.331. The number of carbonyl (C=O) groups is 1. The first-order valence-corrected chi connectivity index (χ1v) is 10.8. The number of anilines is 1. The van der Waals surface area contributed by atoms with Crippen LogP contribution in [0.5, 0.6) is 5.75 Å². The Morgan fingerprint density at radius 3 is 2.62 bits per heavy atom. The third-order valence-corrected chi connectivity index (χ3v) is 5.44. The lowest BCUT2D eigenvalue weighted by Gasteiger charge is -2.08. The molecule has 0 unspecified atom stereocenters. The van der Waals surface area contributed by atoms with Crippen molar-refractivity contribution in [1.82, 2.24) is 19.6 Å². The number of nitrogens with zero attached hydrogens (tertiary/aromatic N) is 4. The zero-order valence-electron chi connectivity index (χ0n) is 16.3. The van der Waals surface area contributed by atoms with E-state index in [0.717, 1.165) is 5.56 Å². The molecule has 0 bridgehead atoms. The van der Waals surface area contributed by atoms with E-state index < -0.39 is 5.91 Å². The van der Waals surface area contributed by atoms with Crippen molar-refractivity contribution < 1.29 is 13.9 Å². The minimum atomic E-state index is -0.430. The molecule has 2 heterocycles. The molecule has 0 saturated carbocycles. The van der Waals surface area contributed by atoms with Crippen LogP contribution in [0.25, 0.3) is 0 Å². The van der Waals surface area contributed by atoms with E-state index in [1.165, 1.54) is 16.8 Å². The van der Waals surface area contributed by atoms with Gasteiger partial charge in [-0.1, -0.05) is 35.3 Å². The molecule has 0 atom stereocenters. The fraction of sp³-hybridized carbons (Fsp3) is 0.0952. The number of hydrogen-bond acceptors (Lipinski definition) is 4. The van der Waals surface area contributed by atoms with Crippen molar-refractivity contribution in [2.45, 2.75) is 13.3 Å². The fourth-order valence-electron chi connectivity index (χ4n) is 2.79. The van der Waals surface area contributed by atoms with Crippen LogP contribution >= 0.6 is 39.1 Å². The lowest BCUT2D eigenvalue weighted by molar-refractivity contribution is 0.101. The van der Waals surface area contributed by atoms with Gasteiger partial charge in [0.25, 0.3) is 5.91 Å². The number of hydrogen-bond donors (Lipinski definition) is 1. The second-order valence-electron chi connectivity index (χ2n) is 6.69. The predicted molar refractivity (Wildman–Crippen MR) is 123 cm³/mol. The normalized spacial score (nSPS) is 10.9. The van der Waals surface area contributed by atoms with Crippen molar-refractivity contribution in [1.29, 1.82) is 0 Å². The number of amides is 1. The molecule has 32 heavy (non-hydrogen) atoms. The number of carbonyl (C=O) groups excluding carboxylic acids is 1. The highest BCUT2D eigenvalue weighted by Crippen LogP contribution is 2.27.